The van der Waals surface area contributed by atoms with Crippen LogP contribution < -0.4 is 10.1 Å². The molecule has 0 fully saturated rings. The van der Waals surface area contributed by atoms with Gasteiger partial charge in [-0.05, 0) is 25.5 Å². The maximum absolute atomic E-state index is 5.06. The standard InChI is InChI=1S/C12H21N3O2/c1-4-13-10(6-5-9-16-2)11-7-8-12(17-3)15-14-11/h7-8,10,13H,4-6,9H2,1-3H3. The topological polar surface area (TPSA) is 56.3 Å². The number of aromatic nitrogens is 2. The molecule has 1 N–H and O–H groups in total. The lowest BCUT2D eigenvalue weighted by Crippen LogP contribution is -2.22. The van der Waals surface area contributed by atoms with Crippen LogP contribution in [0.15, 0.2) is 12.1 Å². The van der Waals surface area contributed by atoms with Crippen molar-refractivity contribution in [3.63, 3.8) is 0 Å². The molecule has 0 aliphatic carbocycles. The largest absolute Gasteiger partial charge is 0.480 e. The lowest BCUT2D eigenvalue weighted by Gasteiger charge is -2.16. The summed E-state index contributed by atoms with van der Waals surface area (Å²) in [6.07, 6.45) is 1.99. The molecule has 0 spiro atoms. The Morgan fingerprint density at radius 1 is 1.29 bits per heavy atom. The third kappa shape index (κ3) is 4.66. The van der Waals surface area contributed by atoms with Crippen LogP contribution in [0.4, 0.5) is 0 Å². The van der Waals surface area contributed by atoms with Gasteiger partial charge < -0.3 is 14.8 Å². The SMILES string of the molecule is CCNC(CCCOC)c1ccc(OC)nn1. The van der Waals surface area contributed by atoms with Crippen LogP contribution in [0.25, 0.3) is 0 Å². The second kappa shape index (κ2) is 7.97. The third-order valence-corrected chi connectivity index (χ3v) is 2.52. The minimum absolute atomic E-state index is 0.230. The number of methoxy groups -OCH3 is 2. The van der Waals surface area contributed by atoms with E-state index in [1.165, 1.54) is 0 Å². The molecule has 1 heterocycles. The normalized spacial score (nSPS) is 12.4. The van der Waals surface area contributed by atoms with Gasteiger partial charge in [0.05, 0.1) is 18.8 Å². The van der Waals surface area contributed by atoms with Crippen molar-refractivity contribution < 1.29 is 9.47 Å². The summed E-state index contributed by atoms with van der Waals surface area (Å²) in [5.74, 6) is 0.542. The summed E-state index contributed by atoms with van der Waals surface area (Å²) < 4.78 is 10.1. The maximum atomic E-state index is 5.06. The molecule has 0 amide bonds. The van der Waals surface area contributed by atoms with Crippen molar-refractivity contribution in [3.05, 3.63) is 17.8 Å². The quantitative estimate of drug-likeness (QED) is 0.698. The van der Waals surface area contributed by atoms with Crippen LogP contribution in [0.5, 0.6) is 5.88 Å². The highest BCUT2D eigenvalue weighted by molar-refractivity contribution is 5.14. The number of ether oxygens (including phenoxy) is 2. The molecule has 0 aliphatic heterocycles. The highest BCUT2D eigenvalue weighted by Gasteiger charge is 2.12. The van der Waals surface area contributed by atoms with Gasteiger partial charge in [0, 0.05) is 19.8 Å². The van der Waals surface area contributed by atoms with E-state index >= 15 is 0 Å². The highest BCUT2D eigenvalue weighted by atomic mass is 16.5. The first-order valence-corrected chi connectivity index (χ1v) is 5.91. The van der Waals surface area contributed by atoms with Crippen LogP contribution in [-0.2, 0) is 4.74 Å². The fourth-order valence-electron chi connectivity index (χ4n) is 1.66. The molecule has 0 radical (unpaired) electrons. The van der Waals surface area contributed by atoms with E-state index < -0.39 is 0 Å². The van der Waals surface area contributed by atoms with Gasteiger partial charge in [-0.1, -0.05) is 6.92 Å². The van der Waals surface area contributed by atoms with Gasteiger partial charge in [-0.15, -0.1) is 5.10 Å². The zero-order valence-corrected chi connectivity index (χ0v) is 10.8. The molecule has 0 saturated carbocycles. The van der Waals surface area contributed by atoms with Crippen LogP contribution >= 0.6 is 0 Å². The number of hydrogen-bond donors (Lipinski definition) is 1. The Labute approximate surface area is 103 Å². The monoisotopic (exact) mass is 239 g/mol. The number of nitrogens with zero attached hydrogens (tertiary/aromatic N) is 2. The Bertz CT molecular complexity index is 303. The van der Waals surface area contributed by atoms with E-state index in [0.717, 1.165) is 31.7 Å². The summed E-state index contributed by atoms with van der Waals surface area (Å²) >= 11 is 0. The zero-order valence-electron chi connectivity index (χ0n) is 10.8. The summed E-state index contributed by atoms with van der Waals surface area (Å²) in [6, 6.07) is 4.02. The summed E-state index contributed by atoms with van der Waals surface area (Å²) in [5.41, 5.74) is 0.948. The summed E-state index contributed by atoms with van der Waals surface area (Å²) in [6.45, 7) is 3.76. The van der Waals surface area contributed by atoms with Crippen LogP contribution in [-0.4, -0.2) is 37.6 Å². The molecule has 1 atom stereocenters. The second-order valence-corrected chi connectivity index (χ2v) is 3.75. The molecular weight excluding hydrogens is 218 g/mol. The predicted molar refractivity (Wildman–Crippen MR) is 66.1 cm³/mol. The molecule has 1 rings (SSSR count). The van der Waals surface area contributed by atoms with Gasteiger partial charge in [-0.25, -0.2) is 0 Å². The number of nitrogens with one attached hydrogen (secondary N) is 1. The van der Waals surface area contributed by atoms with E-state index in [0.29, 0.717) is 5.88 Å². The average Bonchev–Trinajstić information content (AvgIpc) is 2.38. The lowest BCUT2D eigenvalue weighted by atomic mass is 10.1. The Kier molecular flexibility index (Phi) is 6.50. The molecule has 1 unspecified atom stereocenters. The Morgan fingerprint density at radius 2 is 2.12 bits per heavy atom. The molecular formula is C12H21N3O2. The first-order valence-electron chi connectivity index (χ1n) is 5.91. The molecule has 0 saturated heterocycles. The first-order chi connectivity index (χ1) is 8.31. The Balaban J connectivity index is 2.60. The van der Waals surface area contributed by atoms with Crippen molar-refractivity contribution in [2.24, 2.45) is 0 Å². The summed E-state index contributed by atoms with van der Waals surface area (Å²) in [5, 5.41) is 11.6. The van der Waals surface area contributed by atoms with Gasteiger partial charge in [0.15, 0.2) is 0 Å². The molecule has 17 heavy (non-hydrogen) atoms. The van der Waals surface area contributed by atoms with E-state index in [1.807, 2.05) is 12.1 Å². The van der Waals surface area contributed by atoms with Crippen molar-refractivity contribution in [1.82, 2.24) is 15.5 Å². The van der Waals surface area contributed by atoms with Gasteiger partial charge in [0.1, 0.15) is 0 Å². The van der Waals surface area contributed by atoms with Crippen LogP contribution in [0.1, 0.15) is 31.5 Å². The van der Waals surface area contributed by atoms with Crippen molar-refractivity contribution in [2.75, 3.05) is 27.4 Å². The molecule has 1 aromatic rings. The predicted octanol–water partition coefficient (Wildman–Crippen LogP) is 1.56. The molecule has 0 aromatic carbocycles. The van der Waals surface area contributed by atoms with Gasteiger partial charge in [0.2, 0.25) is 5.88 Å². The minimum atomic E-state index is 0.230. The van der Waals surface area contributed by atoms with E-state index in [2.05, 4.69) is 22.4 Å². The summed E-state index contributed by atoms with van der Waals surface area (Å²) in [7, 11) is 3.31. The van der Waals surface area contributed by atoms with Crippen molar-refractivity contribution in [1.29, 1.82) is 0 Å². The van der Waals surface area contributed by atoms with Crippen LogP contribution in [0.3, 0.4) is 0 Å². The van der Waals surface area contributed by atoms with Crippen LogP contribution in [0, 0.1) is 0 Å². The van der Waals surface area contributed by atoms with E-state index in [-0.39, 0.29) is 6.04 Å². The average molecular weight is 239 g/mol. The molecule has 1 aromatic heterocycles. The fourth-order valence-corrected chi connectivity index (χ4v) is 1.66. The molecule has 5 heteroatoms. The zero-order chi connectivity index (χ0) is 12.5. The van der Waals surface area contributed by atoms with Crippen LogP contribution in [0.2, 0.25) is 0 Å². The fraction of sp³-hybridized carbons (Fsp3) is 0.667. The Morgan fingerprint density at radius 3 is 2.65 bits per heavy atom. The number of rotatable bonds is 8. The maximum Gasteiger partial charge on any atom is 0.233 e. The third-order valence-electron chi connectivity index (χ3n) is 2.52. The molecule has 96 valence electrons. The van der Waals surface area contributed by atoms with Crippen molar-refractivity contribution in [3.8, 4) is 5.88 Å². The number of hydrogen-bond acceptors (Lipinski definition) is 5. The molecule has 5 nitrogen and oxygen atoms in total. The van der Waals surface area contributed by atoms with E-state index in [9.17, 15) is 0 Å². The minimum Gasteiger partial charge on any atom is -0.480 e. The second-order valence-electron chi connectivity index (χ2n) is 3.75. The smallest absolute Gasteiger partial charge is 0.233 e. The first kappa shape index (κ1) is 13.9. The van der Waals surface area contributed by atoms with Gasteiger partial charge in [-0.2, -0.15) is 5.10 Å². The van der Waals surface area contributed by atoms with Crippen molar-refractivity contribution >= 4 is 0 Å². The van der Waals surface area contributed by atoms with E-state index in [4.69, 9.17) is 9.47 Å². The highest BCUT2D eigenvalue weighted by Crippen LogP contribution is 2.17. The van der Waals surface area contributed by atoms with Gasteiger partial charge >= 0.3 is 0 Å². The van der Waals surface area contributed by atoms with Gasteiger partial charge in [-0.3, -0.25) is 0 Å². The Hall–Kier alpha value is -1.20. The summed E-state index contributed by atoms with van der Waals surface area (Å²) in [4.78, 5) is 0. The molecule has 0 aliphatic rings. The van der Waals surface area contributed by atoms with Gasteiger partial charge in [0.25, 0.3) is 0 Å². The molecule has 0 bridgehead atoms. The lowest BCUT2D eigenvalue weighted by molar-refractivity contribution is 0.188. The van der Waals surface area contributed by atoms with Crippen molar-refractivity contribution in [2.45, 2.75) is 25.8 Å². The van der Waals surface area contributed by atoms with E-state index in [1.54, 1.807) is 14.2 Å².